The third kappa shape index (κ3) is 7.79. The van der Waals surface area contributed by atoms with E-state index in [0.717, 1.165) is 28.3 Å². The number of benzene rings is 3. The molecular weight excluding hydrogens is 542 g/mol. The van der Waals surface area contributed by atoms with Gasteiger partial charge in [0.25, 0.3) is 10.0 Å². The minimum atomic E-state index is -4.24. The SMILES string of the molecule is CCCCNC(=O)[C@@H](C)N(Cc1ccccc1C)C(=O)CN(c1cc(OC)ccc1OC)S(=O)(=O)c1ccccc1. The van der Waals surface area contributed by atoms with Crippen molar-refractivity contribution < 1.29 is 27.5 Å². The zero-order chi connectivity index (χ0) is 30.0. The van der Waals surface area contributed by atoms with Gasteiger partial charge in [-0.2, -0.15) is 0 Å². The van der Waals surface area contributed by atoms with Crippen molar-refractivity contribution in [1.29, 1.82) is 0 Å². The van der Waals surface area contributed by atoms with E-state index < -0.39 is 28.5 Å². The first-order chi connectivity index (χ1) is 19.6. The molecule has 0 saturated carbocycles. The van der Waals surface area contributed by atoms with E-state index in [1.54, 1.807) is 37.3 Å². The smallest absolute Gasteiger partial charge is 0.264 e. The summed E-state index contributed by atoms with van der Waals surface area (Å²) in [7, 11) is -1.34. The average molecular weight is 582 g/mol. The van der Waals surface area contributed by atoms with Crippen molar-refractivity contribution in [2.75, 3.05) is 31.6 Å². The van der Waals surface area contributed by atoms with Crippen LogP contribution < -0.4 is 19.1 Å². The third-order valence-corrected chi connectivity index (χ3v) is 8.64. The lowest BCUT2D eigenvalue weighted by molar-refractivity contribution is -0.139. The molecule has 0 aliphatic rings. The number of nitrogens with zero attached hydrogens (tertiary/aromatic N) is 2. The van der Waals surface area contributed by atoms with Gasteiger partial charge >= 0.3 is 0 Å². The maximum Gasteiger partial charge on any atom is 0.264 e. The summed E-state index contributed by atoms with van der Waals surface area (Å²) in [6, 6.07) is 19.3. The molecule has 0 aromatic heterocycles. The van der Waals surface area contributed by atoms with Crippen LogP contribution in [0, 0.1) is 6.92 Å². The average Bonchev–Trinajstić information content (AvgIpc) is 2.99. The van der Waals surface area contributed by atoms with Gasteiger partial charge < -0.3 is 19.7 Å². The van der Waals surface area contributed by atoms with Crippen LogP contribution in [-0.4, -0.2) is 58.5 Å². The molecule has 3 aromatic carbocycles. The van der Waals surface area contributed by atoms with Gasteiger partial charge in [-0.25, -0.2) is 8.42 Å². The third-order valence-electron chi connectivity index (χ3n) is 6.86. The summed E-state index contributed by atoms with van der Waals surface area (Å²) in [6.45, 7) is 5.65. The molecule has 3 aromatic rings. The molecule has 3 rings (SSSR count). The van der Waals surface area contributed by atoms with Gasteiger partial charge in [0.2, 0.25) is 11.8 Å². The van der Waals surface area contributed by atoms with E-state index in [0.29, 0.717) is 12.3 Å². The van der Waals surface area contributed by atoms with Gasteiger partial charge in [-0.1, -0.05) is 55.8 Å². The molecule has 0 fully saturated rings. The maximum absolute atomic E-state index is 14.1. The fourth-order valence-corrected chi connectivity index (χ4v) is 5.75. The first-order valence-electron chi connectivity index (χ1n) is 13.6. The Labute approximate surface area is 243 Å². The number of ether oxygens (including phenoxy) is 2. The first-order valence-corrected chi connectivity index (χ1v) is 15.0. The Morgan fingerprint density at radius 3 is 2.27 bits per heavy atom. The number of amides is 2. The van der Waals surface area contributed by atoms with Crippen LogP contribution in [0.1, 0.15) is 37.8 Å². The quantitative estimate of drug-likeness (QED) is 0.280. The Morgan fingerprint density at radius 2 is 1.63 bits per heavy atom. The molecule has 0 radical (unpaired) electrons. The normalized spacial score (nSPS) is 11.8. The maximum atomic E-state index is 14.1. The number of unbranched alkanes of at least 4 members (excludes halogenated alkanes) is 1. The Morgan fingerprint density at radius 1 is 0.951 bits per heavy atom. The fourth-order valence-electron chi connectivity index (χ4n) is 4.31. The monoisotopic (exact) mass is 581 g/mol. The molecule has 10 heteroatoms. The van der Waals surface area contributed by atoms with Crippen molar-refractivity contribution in [1.82, 2.24) is 10.2 Å². The molecular formula is C31H39N3O6S. The number of hydrogen-bond donors (Lipinski definition) is 1. The van der Waals surface area contributed by atoms with E-state index in [9.17, 15) is 18.0 Å². The molecule has 0 bridgehead atoms. The Balaban J connectivity index is 2.09. The van der Waals surface area contributed by atoms with Gasteiger partial charge in [-0.05, 0) is 55.7 Å². The van der Waals surface area contributed by atoms with Gasteiger partial charge in [0.05, 0.1) is 24.8 Å². The van der Waals surface area contributed by atoms with Crippen LogP contribution in [0.2, 0.25) is 0 Å². The van der Waals surface area contributed by atoms with Gasteiger partial charge in [-0.3, -0.25) is 13.9 Å². The zero-order valence-electron chi connectivity index (χ0n) is 24.3. The molecule has 1 N–H and O–H groups in total. The zero-order valence-corrected chi connectivity index (χ0v) is 25.1. The second kappa shape index (κ2) is 14.5. The molecule has 220 valence electrons. The molecule has 0 saturated heterocycles. The molecule has 41 heavy (non-hydrogen) atoms. The van der Waals surface area contributed by atoms with Crippen LogP contribution in [0.5, 0.6) is 11.5 Å². The van der Waals surface area contributed by atoms with Crippen molar-refractivity contribution in [2.45, 2.75) is 51.1 Å². The summed E-state index contributed by atoms with van der Waals surface area (Å²) in [6.07, 6.45) is 1.72. The summed E-state index contributed by atoms with van der Waals surface area (Å²) in [5.74, 6) is -0.219. The lowest BCUT2D eigenvalue weighted by atomic mass is 10.1. The van der Waals surface area contributed by atoms with E-state index in [1.165, 1.54) is 37.3 Å². The highest BCUT2D eigenvalue weighted by atomic mass is 32.2. The largest absolute Gasteiger partial charge is 0.497 e. The number of aryl methyl sites for hydroxylation is 1. The van der Waals surface area contributed by atoms with Crippen LogP contribution in [0.15, 0.2) is 77.7 Å². The number of anilines is 1. The highest BCUT2D eigenvalue weighted by molar-refractivity contribution is 7.92. The van der Waals surface area contributed by atoms with E-state index in [4.69, 9.17) is 9.47 Å². The number of sulfonamides is 1. The lowest BCUT2D eigenvalue weighted by Crippen LogP contribution is -2.51. The predicted octanol–water partition coefficient (Wildman–Crippen LogP) is 4.54. The van der Waals surface area contributed by atoms with E-state index in [2.05, 4.69) is 5.32 Å². The first kappa shape index (κ1) is 31.5. The fraction of sp³-hybridized carbons (Fsp3) is 0.355. The van der Waals surface area contributed by atoms with Crippen LogP contribution in [0.25, 0.3) is 0 Å². The number of rotatable bonds is 14. The summed E-state index contributed by atoms with van der Waals surface area (Å²) in [5.41, 5.74) is 1.94. The molecule has 0 aliphatic heterocycles. The van der Waals surface area contributed by atoms with Gasteiger partial charge in [0.1, 0.15) is 24.1 Å². The summed E-state index contributed by atoms with van der Waals surface area (Å²) >= 11 is 0. The summed E-state index contributed by atoms with van der Waals surface area (Å²) in [5, 5.41) is 2.89. The van der Waals surface area contributed by atoms with Crippen molar-refractivity contribution in [3.63, 3.8) is 0 Å². The Bertz CT molecular complexity index is 1430. The van der Waals surface area contributed by atoms with Crippen LogP contribution in [-0.2, 0) is 26.2 Å². The summed E-state index contributed by atoms with van der Waals surface area (Å²) < 4.78 is 39.9. The number of nitrogens with one attached hydrogen (secondary N) is 1. The van der Waals surface area contributed by atoms with E-state index in [-0.39, 0.29) is 28.8 Å². The molecule has 0 heterocycles. The van der Waals surface area contributed by atoms with Crippen molar-refractivity contribution in [3.05, 3.63) is 83.9 Å². The van der Waals surface area contributed by atoms with E-state index in [1.807, 2.05) is 38.1 Å². The van der Waals surface area contributed by atoms with Crippen LogP contribution in [0.3, 0.4) is 0 Å². The minimum Gasteiger partial charge on any atom is -0.497 e. The second-order valence-electron chi connectivity index (χ2n) is 9.63. The Hall–Kier alpha value is -4.05. The minimum absolute atomic E-state index is 0.00786. The van der Waals surface area contributed by atoms with E-state index >= 15 is 0 Å². The lowest BCUT2D eigenvalue weighted by Gasteiger charge is -2.32. The predicted molar refractivity (Wildman–Crippen MR) is 160 cm³/mol. The van der Waals surface area contributed by atoms with Gasteiger partial charge in [0.15, 0.2) is 0 Å². The topological polar surface area (TPSA) is 105 Å². The number of hydrogen-bond acceptors (Lipinski definition) is 6. The second-order valence-corrected chi connectivity index (χ2v) is 11.5. The molecule has 1 atom stereocenters. The number of methoxy groups -OCH3 is 2. The van der Waals surface area contributed by atoms with Gasteiger partial charge in [0, 0.05) is 19.2 Å². The number of carbonyl (C=O) groups is 2. The molecule has 9 nitrogen and oxygen atoms in total. The highest BCUT2D eigenvalue weighted by Gasteiger charge is 2.34. The van der Waals surface area contributed by atoms with Crippen molar-refractivity contribution in [2.24, 2.45) is 0 Å². The molecule has 0 spiro atoms. The van der Waals surface area contributed by atoms with Crippen LogP contribution >= 0.6 is 0 Å². The van der Waals surface area contributed by atoms with Crippen LogP contribution in [0.4, 0.5) is 5.69 Å². The van der Waals surface area contributed by atoms with Crippen molar-refractivity contribution in [3.8, 4) is 11.5 Å². The van der Waals surface area contributed by atoms with Crippen molar-refractivity contribution >= 4 is 27.5 Å². The molecule has 0 unspecified atom stereocenters. The Kier molecular flexibility index (Phi) is 11.2. The number of carbonyl (C=O) groups excluding carboxylic acids is 2. The summed E-state index contributed by atoms with van der Waals surface area (Å²) in [4.78, 5) is 28.7. The molecule has 2 amide bonds. The highest BCUT2D eigenvalue weighted by Crippen LogP contribution is 2.36. The molecule has 0 aliphatic carbocycles. The van der Waals surface area contributed by atoms with Gasteiger partial charge in [-0.15, -0.1) is 0 Å². The standard InChI is InChI=1S/C31H39N3O6S/c1-6-7-19-32-31(36)24(3)33(21-25-14-12-11-13-23(25)2)30(35)22-34(41(37,38)27-15-9-8-10-16-27)28-20-26(39-4)17-18-29(28)40-5/h8-18,20,24H,6-7,19,21-22H2,1-5H3,(H,32,36)/t24-/m1/s1.